The lowest BCUT2D eigenvalue weighted by Crippen LogP contribution is -2.48. The molecule has 1 fully saturated rings. The van der Waals surface area contributed by atoms with E-state index < -0.39 is 10.0 Å². The van der Waals surface area contributed by atoms with E-state index in [9.17, 15) is 8.42 Å². The van der Waals surface area contributed by atoms with Crippen molar-refractivity contribution in [1.29, 1.82) is 0 Å². The second-order valence-electron chi connectivity index (χ2n) is 4.56. The molecule has 0 aliphatic carbocycles. The van der Waals surface area contributed by atoms with E-state index in [0.29, 0.717) is 38.0 Å². The van der Waals surface area contributed by atoms with E-state index in [2.05, 4.69) is 9.97 Å². The number of rotatable bonds is 3. The molecule has 1 aromatic rings. The first kappa shape index (κ1) is 14.5. The molecule has 19 heavy (non-hydrogen) atoms. The molecule has 0 amide bonds. The number of alkyl halides is 1. The molecule has 2 heterocycles. The van der Waals surface area contributed by atoms with Gasteiger partial charge < -0.3 is 4.90 Å². The summed E-state index contributed by atoms with van der Waals surface area (Å²) in [4.78, 5) is 10.7. The molecule has 1 aromatic heterocycles. The molecule has 0 saturated carbocycles. The van der Waals surface area contributed by atoms with E-state index >= 15 is 0 Å². The van der Waals surface area contributed by atoms with Crippen molar-refractivity contribution in [3.05, 3.63) is 17.5 Å². The molecule has 0 bridgehead atoms. The number of aromatic nitrogens is 2. The summed E-state index contributed by atoms with van der Waals surface area (Å²) < 4.78 is 24.3. The van der Waals surface area contributed by atoms with Crippen molar-refractivity contribution in [2.24, 2.45) is 0 Å². The van der Waals surface area contributed by atoms with Gasteiger partial charge in [-0.25, -0.2) is 18.4 Å². The molecule has 0 N–H and O–H groups in total. The zero-order chi connectivity index (χ0) is 14.0. The highest BCUT2D eigenvalue weighted by atomic mass is 35.5. The van der Waals surface area contributed by atoms with Crippen LogP contribution in [0.3, 0.4) is 0 Å². The average molecular weight is 305 g/mol. The number of nitrogens with zero attached hydrogens (tertiary/aromatic N) is 4. The highest BCUT2D eigenvalue weighted by Gasteiger charge is 2.24. The first-order valence-electron chi connectivity index (χ1n) is 6.00. The van der Waals surface area contributed by atoms with Gasteiger partial charge in [-0.3, -0.25) is 0 Å². The third-order valence-corrected chi connectivity index (χ3v) is 4.79. The molecular formula is C11H17ClN4O2S. The Morgan fingerprint density at radius 1 is 1.32 bits per heavy atom. The van der Waals surface area contributed by atoms with E-state index in [1.807, 2.05) is 11.8 Å². The van der Waals surface area contributed by atoms with Crippen molar-refractivity contribution in [2.45, 2.75) is 12.8 Å². The maximum absolute atomic E-state index is 11.4. The summed E-state index contributed by atoms with van der Waals surface area (Å²) in [5.41, 5.74) is 1.78. The summed E-state index contributed by atoms with van der Waals surface area (Å²) >= 11 is 5.77. The Labute approximate surface area is 118 Å². The van der Waals surface area contributed by atoms with E-state index in [1.54, 1.807) is 6.20 Å². The van der Waals surface area contributed by atoms with Crippen LogP contribution in [0.2, 0.25) is 0 Å². The first-order valence-corrected chi connectivity index (χ1v) is 8.38. The molecule has 0 aromatic carbocycles. The lowest BCUT2D eigenvalue weighted by Gasteiger charge is -2.33. The van der Waals surface area contributed by atoms with Crippen LogP contribution >= 0.6 is 11.6 Å². The van der Waals surface area contributed by atoms with Crippen molar-refractivity contribution < 1.29 is 8.42 Å². The fourth-order valence-electron chi connectivity index (χ4n) is 1.98. The number of piperazine rings is 1. The predicted octanol–water partition coefficient (Wildman–Crippen LogP) is 0.605. The molecule has 0 atom stereocenters. The minimum atomic E-state index is -3.10. The van der Waals surface area contributed by atoms with Crippen LogP contribution in [0, 0.1) is 6.92 Å². The van der Waals surface area contributed by atoms with Crippen molar-refractivity contribution in [1.82, 2.24) is 14.3 Å². The topological polar surface area (TPSA) is 66.4 Å². The minimum absolute atomic E-state index is 0.397. The van der Waals surface area contributed by atoms with Gasteiger partial charge in [0.05, 0.1) is 12.1 Å². The third-order valence-electron chi connectivity index (χ3n) is 3.20. The van der Waals surface area contributed by atoms with Gasteiger partial charge in [-0.15, -0.1) is 11.6 Å². The Balaban J connectivity index is 2.08. The van der Waals surface area contributed by atoms with Gasteiger partial charge in [0.25, 0.3) is 0 Å². The van der Waals surface area contributed by atoms with Crippen LogP contribution in [0.15, 0.2) is 6.20 Å². The van der Waals surface area contributed by atoms with Crippen molar-refractivity contribution >= 4 is 27.6 Å². The molecule has 6 nitrogen and oxygen atoms in total. The molecule has 106 valence electrons. The van der Waals surface area contributed by atoms with Crippen molar-refractivity contribution in [3.8, 4) is 0 Å². The molecular weight excluding hydrogens is 288 g/mol. The van der Waals surface area contributed by atoms with Crippen LogP contribution in [0.1, 0.15) is 11.3 Å². The minimum Gasteiger partial charge on any atom is -0.338 e. The normalized spacial score (nSPS) is 17.7. The van der Waals surface area contributed by atoms with Gasteiger partial charge in [0, 0.05) is 43.6 Å². The van der Waals surface area contributed by atoms with Gasteiger partial charge in [-0.2, -0.15) is 4.31 Å². The van der Waals surface area contributed by atoms with Gasteiger partial charge in [-0.1, -0.05) is 0 Å². The third kappa shape index (κ3) is 3.34. The Kier molecular flexibility index (Phi) is 4.27. The first-order chi connectivity index (χ1) is 8.91. The maximum Gasteiger partial charge on any atom is 0.225 e. The molecule has 0 spiro atoms. The van der Waals surface area contributed by atoms with Crippen LogP contribution in [0.4, 0.5) is 5.95 Å². The quantitative estimate of drug-likeness (QED) is 0.765. The number of hydrogen-bond donors (Lipinski definition) is 0. The summed E-state index contributed by atoms with van der Waals surface area (Å²) in [6.45, 7) is 4.05. The second-order valence-corrected chi connectivity index (χ2v) is 6.81. The molecule has 0 radical (unpaired) electrons. The van der Waals surface area contributed by atoms with Crippen LogP contribution < -0.4 is 4.90 Å². The maximum atomic E-state index is 11.4. The van der Waals surface area contributed by atoms with Gasteiger partial charge in [0.1, 0.15) is 0 Å². The molecule has 1 aliphatic rings. The average Bonchev–Trinajstić information content (AvgIpc) is 2.38. The summed E-state index contributed by atoms with van der Waals surface area (Å²) in [6, 6.07) is 0. The highest BCUT2D eigenvalue weighted by molar-refractivity contribution is 7.88. The fraction of sp³-hybridized carbons (Fsp3) is 0.636. The van der Waals surface area contributed by atoms with Gasteiger partial charge in [0.2, 0.25) is 16.0 Å². The van der Waals surface area contributed by atoms with E-state index in [-0.39, 0.29) is 0 Å². The summed E-state index contributed by atoms with van der Waals surface area (Å²) in [5, 5.41) is 0. The summed E-state index contributed by atoms with van der Waals surface area (Å²) in [7, 11) is -3.10. The van der Waals surface area contributed by atoms with Crippen molar-refractivity contribution in [2.75, 3.05) is 37.3 Å². The van der Waals surface area contributed by atoms with E-state index in [4.69, 9.17) is 11.6 Å². The Bertz CT molecular complexity index is 556. The van der Waals surface area contributed by atoms with Gasteiger partial charge in [-0.05, 0) is 6.92 Å². The Morgan fingerprint density at radius 3 is 2.42 bits per heavy atom. The number of sulfonamides is 1. The van der Waals surface area contributed by atoms with Crippen LogP contribution in [-0.2, 0) is 15.9 Å². The summed E-state index contributed by atoms with van der Waals surface area (Å²) in [6.07, 6.45) is 2.96. The fourth-order valence-corrected chi connectivity index (χ4v) is 3.07. The van der Waals surface area contributed by atoms with E-state index in [0.717, 1.165) is 11.3 Å². The predicted molar refractivity (Wildman–Crippen MR) is 75.0 cm³/mol. The van der Waals surface area contributed by atoms with E-state index in [1.165, 1.54) is 10.6 Å². The molecule has 1 saturated heterocycles. The SMILES string of the molecule is Cc1nc(N2CCN(S(C)(=O)=O)CC2)ncc1CCl. The molecule has 2 rings (SSSR count). The molecule has 0 unspecified atom stereocenters. The molecule has 8 heteroatoms. The zero-order valence-electron chi connectivity index (χ0n) is 11.0. The largest absolute Gasteiger partial charge is 0.338 e. The monoisotopic (exact) mass is 304 g/mol. The molecule has 1 aliphatic heterocycles. The Morgan fingerprint density at radius 2 is 1.95 bits per heavy atom. The number of anilines is 1. The lowest BCUT2D eigenvalue weighted by atomic mass is 10.3. The number of halogens is 1. The van der Waals surface area contributed by atoms with Gasteiger partial charge >= 0.3 is 0 Å². The van der Waals surface area contributed by atoms with Crippen LogP contribution in [0.5, 0.6) is 0 Å². The number of hydrogen-bond acceptors (Lipinski definition) is 5. The standard InChI is InChI=1S/C11H17ClN4O2S/c1-9-10(7-12)8-13-11(14-9)15-3-5-16(6-4-15)19(2,17)18/h8H,3-7H2,1-2H3. The summed E-state index contributed by atoms with van der Waals surface area (Å²) in [5.74, 6) is 1.04. The second kappa shape index (κ2) is 5.60. The lowest BCUT2D eigenvalue weighted by molar-refractivity contribution is 0.385. The van der Waals surface area contributed by atoms with Crippen molar-refractivity contribution in [3.63, 3.8) is 0 Å². The van der Waals surface area contributed by atoms with Gasteiger partial charge in [0.15, 0.2) is 0 Å². The smallest absolute Gasteiger partial charge is 0.225 e. The van der Waals surface area contributed by atoms with Crippen LogP contribution in [-0.4, -0.2) is 55.1 Å². The highest BCUT2D eigenvalue weighted by Crippen LogP contribution is 2.15. The number of aryl methyl sites for hydroxylation is 1. The Hall–Kier alpha value is -0.920. The zero-order valence-corrected chi connectivity index (χ0v) is 12.6. The van der Waals surface area contributed by atoms with Crippen LogP contribution in [0.25, 0.3) is 0 Å².